The van der Waals surface area contributed by atoms with E-state index in [0.717, 1.165) is 11.3 Å². The average Bonchev–Trinajstić information content (AvgIpc) is 3.25. The summed E-state index contributed by atoms with van der Waals surface area (Å²) < 4.78 is 10.6. The summed E-state index contributed by atoms with van der Waals surface area (Å²) in [5.74, 6) is 0.743. The third-order valence-corrected chi connectivity index (χ3v) is 3.79. The predicted octanol–water partition coefficient (Wildman–Crippen LogP) is 2.95. The molecule has 8 heteroatoms. The summed E-state index contributed by atoms with van der Waals surface area (Å²) in [6.07, 6.45) is 3.30. The Kier molecular flexibility index (Phi) is 3.50. The van der Waals surface area contributed by atoms with Crippen LogP contribution in [-0.2, 0) is 0 Å². The van der Waals surface area contributed by atoms with Crippen molar-refractivity contribution >= 4 is 17.6 Å². The molecule has 3 aromatic rings. The van der Waals surface area contributed by atoms with Crippen molar-refractivity contribution in [3.05, 3.63) is 47.9 Å². The van der Waals surface area contributed by atoms with Crippen molar-refractivity contribution in [2.75, 3.05) is 12.1 Å². The van der Waals surface area contributed by atoms with Crippen LogP contribution >= 0.6 is 0 Å². The molecule has 8 nitrogen and oxygen atoms in total. The first-order chi connectivity index (χ1) is 12.1. The third-order valence-electron chi connectivity index (χ3n) is 3.79. The highest BCUT2D eigenvalue weighted by molar-refractivity contribution is 5.87. The van der Waals surface area contributed by atoms with Crippen LogP contribution in [-0.4, -0.2) is 32.8 Å². The molecule has 0 saturated heterocycles. The quantitative estimate of drug-likeness (QED) is 0.671. The first kappa shape index (κ1) is 15.0. The molecule has 3 N–H and O–H groups in total. The maximum atomic E-state index is 11.0. The molecular weight excluding hydrogens is 324 g/mol. The van der Waals surface area contributed by atoms with E-state index in [1.54, 1.807) is 18.5 Å². The van der Waals surface area contributed by atoms with Crippen molar-refractivity contribution in [2.45, 2.75) is 6.92 Å². The summed E-state index contributed by atoms with van der Waals surface area (Å²) in [6.45, 7) is 2.08. The largest absolute Gasteiger partial charge is 0.477 e. The molecule has 0 bridgehead atoms. The highest BCUT2D eigenvalue weighted by atomic mass is 16.7. The van der Waals surface area contributed by atoms with E-state index in [9.17, 15) is 4.79 Å². The Hall–Kier alpha value is -3.55. The van der Waals surface area contributed by atoms with E-state index in [1.807, 2.05) is 25.1 Å². The Morgan fingerprint density at radius 1 is 1.28 bits per heavy atom. The van der Waals surface area contributed by atoms with Crippen LogP contribution in [0.15, 0.2) is 36.7 Å². The molecule has 0 atom stereocenters. The fourth-order valence-electron chi connectivity index (χ4n) is 2.55. The topological polar surface area (TPSA) is 109 Å². The van der Waals surface area contributed by atoms with Gasteiger partial charge in [0.1, 0.15) is 5.69 Å². The number of hydrogen-bond acceptors (Lipinski definition) is 6. The molecule has 25 heavy (non-hydrogen) atoms. The van der Waals surface area contributed by atoms with E-state index in [1.165, 1.54) is 0 Å². The van der Waals surface area contributed by atoms with Crippen LogP contribution in [0.3, 0.4) is 0 Å². The molecule has 0 spiro atoms. The lowest BCUT2D eigenvalue weighted by Gasteiger charge is -2.08. The van der Waals surface area contributed by atoms with E-state index in [-0.39, 0.29) is 12.5 Å². The lowest BCUT2D eigenvalue weighted by Crippen LogP contribution is -2.00. The Morgan fingerprint density at radius 3 is 2.92 bits per heavy atom. The Bertz CT molecular complexity index is 967. The first-order valence-electron chi connectivity index (χ1n) is 7.52. The maximum Gasteiger partial charge on any atom is 0.352 e. The normalized spacial score (nSPS) is 12.2. The molecule has 1 aromatic carbocycles. The zero-order chi connectivity index (χ0) is 17.4. The van der Waals surface area contributed by atoms with Gasteiger partial charge < -0.3 is 24.9 Å². The lowest BCUT2D eigenvalue weighted by molar-refractivity contribution is 0.0691. The number of carboxylic acids is 1. The van der Waals surface area contributed by atoms with Gasteiger partial charge in [-0.2, -0.15) is 0 Å². The minimum Gasteiger partial charge on any atom is -0.477 e. The van der Waals surface area contributed by atoms with Gasteiger partial charge in [-0.15, -0.1) is 0 Å². The van der Waals surface area contributed by atoms with Gasteiger partial charge >= 0.3 is 5.97 Å². The number of aromatic amines is 1. The first-order valence-corrected chi connectivity index (χ1v) is 7.52. The van der Waals surface area contributed by atoms with E-state index in [4.69, 9.17) is 14.6 Å². The molecule has 4 rings (SSSR count). The molecule has 0 radical (unpaired) electrons. The molecular formula is C17H14N4O4. The highest BCUT2D eigenvalue weighted by Crippen LogP contribution is 2.35. The van der Waals surface area contributed by atoms with Crippen LogP contribution in [0.5, 0.6) is 11.5 Å². The van der Waals surface area contributed by atoms with E-state index in [2.05, 4.69) is 20.3 Å². The molecule has 0 fully saturated rings. The van der Waals surface area contributed by atoms with Gasteiger partial charge in [-0.25, -0.2) is 14.8 Å². The number of benzene rings is 1. The third kappa shape index (κ3) is 2.85. The number of hydrogen-bond donors (Lipinski definition) is 3. The van der Waals surface area contributed by atoms with Crippen LogP contribution in [0.2, 0.25) is 0 Å². The number of fused-ring (bicyclic) bond motifs is 1. The van der Waals surface area contributed by atoms with Gasteiger partial charge in [-0.05, 0) is 30.7 Å². The van der Waals surface area contributed by atoms with Gasteiger partial charge in [0.2, 0.25) is 12.7 Å². The highest BCUT2D eigenvalue weighted by Gasteiger charge is 2.15. The van der Waals surface area contributed by atoms with Gasteiger partial charge in [0.05, 0.1) is 5.69 Å². The molecule has 0 amide bonds. The number of carbonyl (C=O) groups is 1. The lowest BCUT2D eigenvalue weighted by atomic mass is 10.1. The predicted molar refractivity (Wildman–Crippen MR) is 89.4 cm³/mol. The Labute approximate surface area is 142 Å². The molecule has 0 saturated carbocycles. The van der Waals surface area contributed by atoms with Crippen molar-refractivity contribution < 1.29 is 19.4 Å². The zero-order valence-electron chi connectivity index (χ0n) is 13.2. The maximum absolute atomic E-state index is 11.0. The smallest absolute Gasteiger partial charge is 0.352 e. The number of nitrogens with one attached hydrogen (secondary N) is 2. The molecule has 1 aliphatic heterocycles. The SMILES string of the molecule is Cc1cnc(Nc2ccc3c(c2)OCO3)nc1-c1c[nH]c(C(=O)O)c1. The van der Waals surface area contributed by atoms with Crippen molar-refractivity contribution in [3.63, 3.8) is 0 Å². The minimum atomic E-state index is -1.02. The number of carboxylic acid groups (broad SMARTS) is 1. The summed E-state index contributed by atoms with van der Waals surface area (Å²) in [5.41, 5.74) is 3.05. The number of H-pyrrole nitrogens is 1. The summed E-state index contributed by atoms with van der Waals surface area (Å²) >= 11 is 0. The number of aryl methyl sites for hydroxylation is 1. The molecule has 3 heterocycles. The van der Waals surface area contributed by atoms with Crippen molar-refractivity contribution in [3.8, 4) is 22.8 Å². The van der Waals surface area contributed by atoms with Gasteiger partial charge in [0.25, 0.3) is 0 Å². The van der Waals surface area contributed by atoms with Crippen LogP contribution in [0, 0.1) is 6.92 Å². The standard InChI is InChI=1S/C17H14N4O4/c1-9-6-19-17(20-11-2-3-13-14(5-11)25-8-24-13)21-15(9)10-4-12(16(22)23)18-7-10/h2-7,18H,8H2,1H3,(H,22,23)(H,19,20,21). The second-order valence-electron chi connectivity index (χ2n) is 5.53. The summed E-state index contributed by atoms with van der Waals surface area (Å²) in [6, 6.07) is 7.01. The molecule has 0 unspecified atom stereocenters. The number of aromatic nitrogens is 3. The van der Waals surface area contributed by atoms with Gasteiger partial charge in [-0.3, -0.25) is 0 Å². The number of nitrogens with zero attached hydrogens (tertiary/aromatic N) is 2. The summed E-state index contributed by atoms with van der Waals surface area (Å²) in [5, 5.41) is 12.2. The van der Waals surface area contributed by atoms with Gasteiger partial charge in [0.15, 0.2) is 11.5 Å². The van der Waals surface area contributed by atoms with Crippen molar-refractivity contribution in [1.29, 1.82) is 0 Å². The monoisotopic (exact) mass is 338 g/mol. The van der Waals surface area contributed by atoms with E-state index in [0.29, 0.717) is 28.7 Å². The van der Waals surface area contributed by atoms with E-state index < -0.39 is 5.97 Å². The summed E-state index contributed by atoms with van der Waals surface area (Å²) in [4.78, 5) is 22.5. The Morgan fingerprint density at radius 2 is 2.12 bits per heavy atom. The second-order valence-corrected chi connectivity index (χ2v) is 5.53. The fourth-order valence-corrected chi connectivity index (χ4v) is 2.55. The van der Waals surface area contributed by atoms with Crippen LogP contribution in [0.25, 0.3) is 11.3 Å². The van der Waals surface area contributed by atoms with Crippen molar-refractivity contribution in [2.24, 2.45) is 0 Å². The number of anilines is 2. The minimum absolute atomic E-state index is 0.110. The molecule has 1 aliphatic rings. The summed E-state index contributed by atoms with van der Waals surface area (Å²) in [7, 11) is 0. The van der Waals surface area contributed by atoms with E-state index >= 15 is 0 Å². The van der Waals surface area contributed by atoms with Crippen LogP contribution < -0.4 is 14.8 Å². The van der Waals surface area contributed by atoms with Crippen LogP contribution in [0.4, 0.5) is 11.6 Å². The van der Waals surface area contributed by atoms with Gasteiger partial charge in [0, 0.05) is 29.7 Å². The number of aromatic carboxylic acids is 1. The molecule has 2 aromatic heterocycles. The number of ether oxygens (including phenoxy) is 2. The molecule has 0 aliphatic carbocycles. The zero-order valence-corrected chi connectivity index (χ0v) is 13.2. The van der Waals surface area contributed by atoms with Crippen molar-refractivity contribution in [1.82, 2.24) is 15.0 Å². The van der Waals surface area contributed by atoms with Crippen LogP contribution in [0.1, 0.15) is 16.1 Å². The number of rotatable bonds is 4. The fraction of sp³-hybridized carbons (Fsp3) is 0.118. The second kappa shape index (κ2) is 5.82. The van der Waals surface area contributed by atoms with Gasteiger partial charge in [-0.1, -0.05) is 0 Å². The molecule has 126 valence electrons. The average molecular weight is 338 g/mol. The Balaban J connectivity index is 1.64.